The van der Waals surface area contributed by atoms with E-state index in [0.717, 1.165) is 16.4 Å². The van der Waals surface area contributed by atoms with Gasteiger partial charge >= 0.3 is 6.18 Å². The Bertz CT molecular complexity index is 960. The predicted octanol–water partition coefficient (Wildman–Crippen LogP) is 3.94. The highest BCUT2D eigenvalue weighted by Gasteiger charge is 2.44. The Hall–Kier alpha value is -2.81. The molecule has 4 rings (SSSR count). The van der Waals surface area contributed by atoms with Crippen molar-refractivity contribution in [2.45, 2.75) is 22.6 Å². The van der Waals surface area contributed by atoms with E-state index in [0.29, 0.717) is 11.1 Å². The highest BCUT2D eigenvalue weighted by atomic mass is 32.2. The van der Waals surface area contributed by atoms with Gasteiger partial charge in [0.2, 0.25) is 5.16 Å². The first-order chi connectivity index (χ1) is 12.9. The van der Waals surface area contributed by atoms with Crippen LogP contribution in [0.25, 0.3) is 0 Å². The zero-order chi connectivity index (χ0) is 19.0. The molecule has 2 aromatic carbocycles. The molecule has 138 valence electrons. The molecular weight excluding hydrogens is 377 g/mol. The minimum Gasteiger partial charge on any atom is -0.313 e. The SMILES string of the molecule is O=C(c1ccccc1)[C@H]1Sc2nnc(C(F)(F)F)n2N[C@@H]1c1ccccc1. The summed E-state index contributed by atoms with van der Waals surface area (Å²) < 4.78 is 40.5. The normalized spacial score (nSPS) is 19.2. The molecule has 0 amide bonds. The van der Waals surface area contributed by atoms with Crippen molar-refractivity contribution in [1.29, 1.82) is 0 Å². The maximum atomic E-state index is 13.2. The second-order valence-electron chi connectivity index (χ2n) is 5.93. The van der Waals surface area contributed by atoms with Crippen molar-refractivity contribution in [3.8, 4) is 0 Å². The van der Waals surface area contributed by atoms with Gasteiger partial charge in [0.25, 0.3) is 5.82 Å². The van der Waals surface area contributed by atoms with Gasteiger partial charge in [-0.3, -0.25) is 4.79 Å². The summed E-state index contributed by atoms with van der Waals surface area (Å²) in [5.41, 5.74) is 3.99. The molecule has 1 N–H and O–H groups in total. The molecular formula is C18H13F3N4OS. The molecule has 0 spiro atoms. The number of thioether (sulfide) groups is 1. The first-order valence-corrected chi connectivity index (χ1v) is 8.93. The zero-order valence-electron chi connectivity index (χ0n) is 13.7. The number of ketones is 1. The summed E-state index contributed by atoms with van der Waals surface area (Å²) in [7, 11) is 0. The average molecular weight is 390 g/mol. The van der Waals surface area contributed by atoms with Crippen LogP contribution in [0.2, 0.25) is 0 Å². The summed E-state index contributed by atoms with van der Waals surface area (Å²) in [6, 6.07) is 16.9. The van der Waals surface area contributed by atoms with Gasteiger partial charge in [-0.25, -0.2) is 4.68 Å². The topological polar surface area (TPSA) is 59.8 Å². The van der Waals surface area contributed by atoms with E-state index in [1.807, 2.05) is 0 Å². The van der Waals surface area contributed by atoms with E-state index >= 15 is 0 Å². The quantitative estimate of drug-likeness (QED) is 0.687. The zero-order valence-corrected chi connectivity index (χ0v) is 14.5. The van der Waals surface area contributed by atoms with Gasteiger partial charge in [0.1, 0.15) is 5.25 Å². The van der Waals surface area contributed by atoms with Crippen molar-refractivity contribution in [2.75, 3.05) is 5.43 Å². The molecule has 9 heteroatoms. The van der Waals surface area contributed by atoms with Crippen LogP contribution < -0.4 is 5.43 Å². The third-order valence-corrected chi connectivity index (χ3v) is 5.38. The molecule has 0 unspecified atom stereocenters. The Morgan fingerprint density at radius 1 is 1.00 bits per heavy atom. The Morgan fingerprint density at radius 2 is 1.63 bits per heavy atom. The van der Waals surface area contributed by atoms with Gasteiger partial charge in [0, 0.05) is 5.56 Å². The maximum absolute atomic E-state index is 13.2. The molecule has 3 aromatic rings. The van der Waals surface area contributed by atoms with E-state index in [9.17, 15) is 18.0 Å². The van der Waals surface area contributed by atoms with Crippen LogP contribution in [0.1, 0.15) is 27.8 Å². The first kappa shape index (κ1) is 17.6. The van der Waals surface area contributed by atoms with Gasteiger partial charge in [-0.2, -0.15) is 13.2 Å². The van der Waals surface area contributed by atoms with Gasteiger partial charge in [-0.05, 0) is 5.56 Å². The van der Waals surface area contributed by atoms with Crippen molar-refractivity contribution in [3.63, 3.8) is 0 Å². The summed E-state index contributed by atoms with van der Waals surface area (Å²) in [6.45, 7) is 0. The molecule has 2 heterocycles. The van der Waals surface area contributed by atoms with E-state index in [2.05, 4.69) is 15.6 Å². The summed E-state index contributed by atoms with van der Waals surface area (Å²) >= 11 is 0.977. The van der Waals surface area contributed by atoms with Gasteiger partial charge in [-0.1, -0.05) is 72.4 Å². The number of alkyl halides is 3. The van der Waals surface area contributed by atoms with Crippen LogP contribution in [0.3, 0.4) is 0 Å². The van der Waals surface area contributed by atoms with Gasteiger partial charge < -0.3 is 5.43 Å². The largest absolute Gasteiger partial charge is 0.453 e. The molecule has 0 fully saturated rings. The predicted molar refractivity (Wildman–Crippen MR) is 94.0 cm³/mol. The van der Waals surface area contributed by atoms with Crippen molar-refractivity contribution in [3.05, 3.63) is 77.6 Å². The lowest BCUT2D eigenvalue weighted by Crippen LogP contribution is -2.40. The van der Waals surface area contributed by atoms with E-state index < -0.39 is 23.3 Å². The van der Waals surface area contributed by atoms with E-state index in [1.165, 1.54) is 0 Å². The molecule has 0 saturated carbocycles. The minimum absolute atomic E-state index is 0.00351. The van der Waals surface area contributed by atoms with Gasteiger partial charge in [-0.15, -0.1) is 10.2 Å². The van der Waals surface area contributed by atoms with Crippen molar-refractivity contribution in [2.24, 2.45) is 0 Å². The van der Waals surface area contributed by atoms with Gasteiger partial charge in [0.15, 0.2) is 5.78 Å². The number of fused-ring (bicyclic) bond motifs is 1. The summed E-state index contributed by atoms with van der Waals surface area (Å²) in [5.74, 6) is -1.33. The molecule has 27 heavy (non-hydrogen) atoms. The van der Waals surface area contributed by atoms with Crippen molar-refractivity contribution >= 4 is 17.5 Å². The van der Waals surface area contributed by atoms with Crippen LogP contribution in [-0.2, 0) is 6.18 Å². The van der Waals surface area contributed by atoms with Crippen LogP contribution in [0.5, 0.6) is 0 Å². The van der Waals surface area contributed by atoms with E-state index in [1.54, 1.807) is 60.7 Å². The monoisotopic (exact) mass is 390 g/mol. The van der Waals surface area contributed by atoms with E-state index in [-0.39, 0.29) is 10.9 Å². The Labute approximate surface area is 156 Å². The van der Waals surface area contributed by atoms with Crippen molar-refractivity contribution in [1.82, 2.24) is 14.9 Å². The molecule has 1 aliphatic rings. The number of nitrogens with one attached hydrogen (secondary N) is 1. The lowest BCUT2D eigenvalue weighted by molar-refractivity contribution is -0.147. The highest BCUT2D eigenvalue weighted by Crippen LogP contribution is 2.40. The summed E-state index contributed by atoms with van der Waals surface area (Å²) in [4.78, 5) is 13.1. The number of Topliss-reactive ketones (excluding diaryl/α,β-unsaturated/α-hetero) is 1. The average Bonchev–Trinajstić information content (AvgIpc) is 3.11. The van der Waals surface area contributed by atoms with Crippen LogP contribution in [-0.4, -0.2) is 25.9 Å². The molecule has 0 aliphatic carbocycles. The number of carbonyl (C=O) groups is 1. The lowest BCUT2D eigenvalue weighted by atomic mass is 9.97. The second kappa shape index (κ2) is 6.73. The molecule has 0 radical (unpaired) electrons. The number of hydrogen-bond acceptors (Lipinski definition) is 5. The van der Waals surface area contributed by atoms with Crippen molar-refractivity contribution < 1.29 is 18.0 Å². The fourth-order valence-corrected chi connectivity index (χ4v) is 4.07. The van der Waals surface area contributed by atoms with Crippen LogP contribution >= 0.6 is 11.8 Å². The van der Waals surface area contributed by atoms with E-state index in [4.69, 9.17) is 0 Å². The fraction of sp³-hybridized carbons (Fsp3) is 0.167. The number of halogens is 3. The molecule has 1 aliphatic heterocycles. The Balaban J connectivity index is 1.78. The Kier molecular flexibility index (Phi) is 4.39. The summed E-state index contributed by atoms with van der Waals surface area (Å²) in [5, 5.41) is 6.19. The molecule has 2 atom stereocenters. The molecule has 1 aromatic heterocycles. The third kappa shape index (κ3) is 3.30. The number of benzene rings is 2. The number of aromatic nitrogens is 3. The Morgan fingerprint density at radius 3 is 2.26 bits per heavy atom. The number of nitrogens with zero attached hydrogens (tertiary/aromatic N) is 3. The number of rotatable bonds is 3. The standard InChI is InChI=1S/C18H13F3N4OS/c19-18(20,21)16-22-23-17-25(16)24-13(11-7-3-1-4-8-11)15(27-17)14(26)12-9-5-2-6-10-12/h1-10,13,15,24H/t13-,15+/m1/s1. The van der Waals surface area contributed by atoms with Crippen LogP contribution in [0, 0.1) is 0 Å². The van der Waals surface area contributed by atoms with Gasteiger partial charge in [0.05, 0.1) is 6.04 Å². The summed E-state index contributed by atoms with van der Waals surface area (Å²) in [6.07, 6.45) is -4.66. The number of hydrogen-bond donors (Lipinski definition) is 1. The maximum Gasteiger partial charge on any atom is 0.453 e. The van der Waals surface area contributed by atoms with Crippen LogP contribution in [0.15, 0.2) is 65.8 Å². The third-order valence-electron chi connectivity index (χ3n) is 4.17. The fourth-order valence-electron chi connectivity index (χ4n) is 2.92. The lowest BCUT2D eigenvalue weighted by Gasteiger charge is -2.33. The first-order valence-electron chi connectivity index (χ1n) is 8.05. The number of carbonyl (C=O) groups excluding carboxylic acids is 1. The second-order valence-corrected chi connectivity index (χ2v) is 7.03. The smallest absolute Gasteiger partial charge is 0.313 e. The molecule has 5 nitrogen and oxygen atoms in total. The highest BCUT2D eigenvalue weighted by molar-refractivity contribution is 8.00. The molecule has 0 bridgehead atoms. The minimum atomic E-state index is -4.66. The van der Waals surface area contributed by atoms with Crippen LogP contribution in [0.4, 0.5) is 13.2 Å². The molecule has 0 saturated heterocycles.